The number of hydrogen-bond acceptors (Lipinski definition) is 5. The Bertz CT molecular complexity index is 947. The summed E-state index contributed by atoms with van der Waals surface area (Å²) in [4.78, 5) is 36.3. The van der Waals surface area contributed by atoms with Gasteiger partial charge >= 0.3 is 5.97 Å². The highest BCUT2D eigenvalue weighted by Gasteiger charge is 2.22. The van der Waals surface area contributed by atoms with E-state index in [0.29, 0.717) is 12.1 Å². The van der Waals surface area contributed by atoms with Crippen LogP contribution in [-0.4, -0.2) is 48.1 Å². The van der Waals surface area contributed by atoms with E-state index < -0.39 is 30.8 Å². The number of Topliss-reactive ketones (excluding diaryl/α,β-unsaturated/α-hetero) is 1. The Morgan fingerprint density at radius 1 is 1.23 bits per heavy atom. The molecule has 1 atom stereocenters. The predicted octanol–water partition coefficient (Wildman–Crippen LogP) is 2.58. The first-order valence-corrected chi connectivity index (χ1v) is 9.86. The van der Waals surface area contributed by atoms with Crippen LogP contribution >= 0.6 is 0 Å². The fourth-order valence-corrected chi connectivity index (χ4v) is 3.52. The summed E-state index contributed by atoms with van der Waals surface area (Å²) in [5.74, 6) is -2.51. The largest absolute Gasteiger partial charge is 0.456 e. The van der Waals surface area contributed by atoms with Crippen molar-refractivity contribution in [1.82, 2.24) is 9.88 Å². The monoisotopic (exact) mass is 416 g/mol. The van der Waals surface area contributed by atoms with E-state index in [2.05, 4.69) is 5.32 Å². The number of hydrogen-bond donors (Lipinski definition) is 1. The van der Waals surface area contributed by atoms with Crippen molar-refractivity contribution in [2.45, 2.75) is 39.3 Å². The highest BCUT2D eigenvalue weighted by molar-refractivity contribution is 6.00. The summed E-state index contributed by atoms with van der Waals surface area (Å²) in [6.45, 7) is 4.33. The van der Waals surface area contributed by atoms with Crippen LogP contribution in [0.3, 0.4) is 0 Å². The fourth-order valence-electron chi connectivity index (χ4n) is 3.52. The van der Waals surface area contributed by atoms with Crippen molar-refractivity contribution in [3.8, 4) is 0 Å². The maximum atomic E-state index is 13.6. The molecule has 0 saturated carbocycles. The fraction of sp³-hybridized carbons (Fsp3) is 0.409. The van der Waals surface area contributed by atoms with Crippen molar-refractivity contribution in [2.75, 3.05) is 19.8 Å². The third-order valence-corrected chi connectivity index (χ3v) is 5.16. The molecule has 3 rings (SSSR count). The van der Waals surface area contributed by atoms with Crippen LogP contribution in [-0.2, 0) is 20.8 Å². The molecule has 2 aromatic rings. The molecule has 30 heavy (non-hydrogen) atoms. The molecule has 1 aliphatic rings. The van der Waals surface area contributed by atoms with Crippen LogP contribution in [0, 0.1) is 19.7 Å². The Balaban J connectivity index is 1.51. The van der Waals surface area contributed by atoms with Gasteiger partial charge in [0, 0.05) is 30.1 Å². The summed E-state index contributed by atoms with van der Waals surface area (Å²) in [6, 6.07) is 7.22. The average molecular weight is 416 g/mol. The Hall–Kier alpha value is -3.00. The quantitative estimate of drug-likeness (QED) is 0.528. The van der Waals surface area contributed by atoms with Gasteiger partial charge in [0.05, 0.1) is 11.7 Å². The normalized spacial score (nSPS) is 15.8. The molecule has 0 bridgehead atoms. The van der Waals surface area contributed by atoms with Gasteiger partial charge in [0.1, 0.15) is 12.4 Å². The molecule has 1 amide bonds. The maximum absolute atomic E-state index is 13.6. The number of carbonyl (C=O) groups is 3. The molecule has 0 aliphatic carbocycles. The molecule has 0 spiro atoms. The Morgan fingerprint density at radius 3 is 2.70 bits per heavy atom. The van der Waals surface area contributed by atoms with Crippen LogP contribution in [0.25, 0.3) is 0 Å². The number of rotatable bonds is 8. The third kappa shape index (κ3) is 5.13. The molecule has 1 aromatic heterocycles. The first-order valence-electron chi connectivity index (χ1n) is 9.86. The number of ether oxygens (including phenoxy) is 2. The molecule has 7 nitrogen and oxygen atoms in total. The Labute approximate surface area is 174 Å². The van der Waals surface area contributed by atoms with Crippen LogP contribution in [0.4, 0.5) is 4.39 Å². The number of aromatic nitrogens is 1. The lowest BCUT2D eigenvalue weighted by molar-refractivity contribution is -0.141. The van der Waals surface area contributed by atoms with Crippen LogP contribution in [0.5, 0.6) is 0 Å². The zero-order valence-corrected chi connectivity index (χ0v) is 17.1. The van der Waals surface area contributed by atoms with Crippen molar-refractivity contribution in [3.63, 3.8) is 0 Å². The molecule has 160 valence electrons. The summed E-state index contributed by atoms with van der Waals surface area (Å²) in [5, 5.41) is 2.29. The van der Waals surface area contributed by atoms with E-state index in [1.807, 2.05) is 18.4 Å². The lowest BCUT2D eigenvalue weighted by atomic mass is 10.1. The van der Waals surface area contributed by atoms with E-state index in [-0.39, 0.29) is 17.5 Å². The minimum absolute atomic E-state index is 0.147. The van der Waals surface area contributed by atoms with Crippen molar-refractivity contribution in [2.24, 2.45) is 0 Å². The van der Waals surface area contributed by atoms with Gasteiger partial charge in [-0.1, -0.05) is 12.1 Å². The first kappa shape index (κ1) is 21.7. The summed E-state index contributed by atoms with van der Waals surface area (Å²) in [5.41, 5.74) is 2.07. The number of ketones is 1. The van der Waals surface area contributed by atoms with Crippen LogP contribution in [0.15, 0.2) is 30.3 Å². The molecular formula is C22H25FN2O5. The van der Waals surface area contributed by atoms with Gasteiger partial charge in [0.25, 0.3) is 5.91 Å². The standard InChI is InChI=1S/C22H25FN2O5/c1-14-10-18(15(2)25(14)12-16-6-5-9-29-16)20(26)13-30-21(27)11-24-22(28)17-7-3-4-8-19(17)23/h3-4,7-8,10,16H,5-6,9,11-13H2,1-2H3,(H,24,28)/t16-/m1/s1. The number of nitrogens with one attached hydrogen (secondary N) is 1. The van der Waals surface area contributed by atoms with Gasteiger partial charge in [-0.2, -0.15) is 0 Å². The topological polar surface area (TPSA) is 86.6 Å². The number of amides is 1. The van der Waals surface area contributed by atoms with E-state index in [4.69, 9.17) is 9.47 Å². The Morgan fingerprint density at radius 2 is 2.00 bits per heavy atom. The molecule has 1 aliphatic heterocycles. The van der Waals surface area contributed by atoms with Gasteiger partial charge in [-0.3, -0.25) is 14.4 Å². The summed E-state index contributed by atoms with van der Waals surface area (Å²) >= 11 is 0. The molecule has 1 fully saturated rings. The van der Waals surface area contributed by atoms with Gasteiger partial charge in [-0.15, -0.1) is 0 Å². The van der Waals surface area contributed by atoms with Gasteiger partial charge in [-0.25, -0.2) is 4.39 Å². The number of benzene rings is 1. The van der Waals surface area contributed by atoms with Crippen LogP contribution in [0.2, 0.25) is 0 Å². The molecule has 0 unspecified atom stereocenters. The zero-order valence-electron chi connectivity index (χ0n) is 17.1. The Kier molecular flexibility index (Phi) is 6.99. The van der Waals surface area contributed by atoms with E-state index in [1.54, 1.807) is 6.07 Å². The van der Waals surface area contributed by atoms with Crippen molar-refractivity contribution >= 4 is 17.7 Å². The van der Waals surface area contributed by atoms with Crippen molar-refractivity contribution < 1.29 is 28.2 Å². The minimum atomic E-state index is -0.777. The molecule has 1 N–H and O–H groups in total. The second-order valence-corrected chi connectivity index (χ2v) is 7.28. The number of nitrogens with zero attached hydrogens (tertiary/aromatic N) is 1. The van der Waals surface area contributed by atoms with Gasteiger partial charge in [0.15, 0.2) is 6.61 Å². The van der Waals surface area contributed by atoms with E-state index in [0.717, 1.165) is 36.9 Å². The number of esters is 1. The second kappa shape index (κ2) is 9.67. The lowest BCUT2D eigenvalue weighted by Crippen LogP contribution is -2.32. The smallest absolute Gasteiger partial charge is 0.325 e. The molecule has 8 heteroatoms. The van der Waals surface area contributed by atoms with Gasteiger partial charge in [-0.05, 0) is 44.9 Å². The SMILES string of the molecule is Cc1cc(C(=O)COC(=O)CNC(=O)c2ccccc2F)c(C)n1C[C@H]1CCCO1. The van der Waals surface area contributed by atoms with E-state index in [9.17, 15) is 18.8 Å². The molecule has 1 aromatic carbocycles. The predicted molar refractivity (Wildman–Crippen MR) is 107 cm³/mol. The highest BCUT2D eigenvalue weighted by Crippen LogP contribution is 2.20. The zero-order chi connectivity index (χ0) is 21.7. The average Bonchev–Trinajstić information content (AvgIpc) is 3.34. The van der Waals surface area contributed by atoms with Crippen LogP contribution in [0.1, 0.15) is 44.9 Å². The summed E-state index contributed by atoms with van der Waals surface area (Å²) < 4.78 is 26.3. The highest BCUT2D eigenvalue weighted by atomic mass is 19.1. The van der Waals surface area contributed by atoms with Gasteiger partial charge in [0.2, 0.25) is 5.78 Å². The van der Waals surface area contributed by atoms with E-state index in [1.165, 1.54) is 18.2 Å². The number of aryl methyl sites for hydroxylation is 1. The van der Waals surface area contributed by atoms with Gasteiger partial charge < -0.3 is 19.4 Å². The summed E-state index contributed by atoms with van der Waals surface area (Å²) in [6.07, 6.45) is 2.18. The molecule has 2 heterocycles. The van der Waals surface area contributed by atoms with Crippen molar-refractivity contribution in [3.05, 3.63) is 58.7 Å². The number of halogens is 1. The van der Waals surface area contributed by atoms with Crippen LogP contribution < -0.4 is 5.32 Å². The minimum Gasteiger partial charge on any atom is -0.456 e. The molecule has 1 saturated heterocycles. The summed E-state index contributed by atoms with van der Waals surface area (Å²) in [7, 11) is 0. The second-order valence-electron chi connectivity index (χ2n) is 7.28. The van der Waals surface area contributed by atoms with Crippen molar-refractivity contribution in [1.29, 1.82) is 0 Å². The number of carbonyl (C=O) groups excluding carboxylic acids is 3. The van der Waals surface area contributed by atoms with E-state index >= 15 is 0 Å². The third-order valence-electron chi connectivity index (χ3n) is 5.16. The lowest BCUT2D eigenvalue weighted by Gasteiger charge is -2.14. The first-order chi connectivity index (χ1) is 14.4. The molecular weight excluding hydrogens is 391 g/mol. The maximum Gasteiger partial charge on any atom is 0.325 e. The molecule has 0 radical (unpaired) electrons.